The number of nitrogens with two attached hydrogens (primary N) is 1. The smallest absolute Gasteiger partial charge is 0.419 e. The van der Waals surface area contributed by atoms with Gasteiger partial charge in [0.15, 0.2) is 0 Å². The molecule has 0 radical (unpaired) electrons. The van der Waals surface area contributed by atoms with Crippen LogP contribution in [0.3, 0.4) is 0 Å². The van der Waals surface area contributed by atoms with Crippen LogP contribution in [0.5, 0.6) is 5.75 Å². The molecule has 0 aliphatic carbocycles. The zero-order chi connectivity index (χ0) is 21.8. The van der Waals surface area contributed by atoms with Crippen molar-refractivity contribution in [3.8, 4) is 16.3 Å². The number of ether oxygens (including phenoxy) is 1. The summed E-state index contributed by atoms with van der Waals surface area (Å²) in [6.07, 6.45) is -3.26. The molecule has 0 aliphatic rings. The van der Waals surface area contributed by atoms with Gasteiger partial charge in [0.25, 0.3) is 0 Å². The third-order valence-electron chi connectivity index (χ3n) is 4.48. The zero-order valence-electron chi connectivity index (χ0n) is 16.3. The molecular formula is C21H22F3N3O2S. The Morgan fingerprint density at radius 2 is 1.83 bits per heavy atom. The van der Waals surface area contributed by atoms with Crippen LogP contribution in [0.2, 0.25) is 0 Å². The highest BCUT2D eigenvalue weighted by molar-refractivity contribution is 7.14. The number of hydrogen-bond donors (Lipinski definition) is 2. The van der Waals surface area contributed by atoms with Crippen molar-refractivity contribution >= 4 is 11.3 Å². The topological polar surface area (TPSA) is 81.3 Å². The van der Waals surface area contributed by atoms with Gasteiger partial charge in [0.1, 0.15) is 15.8 Å². The molecule has 0 saturated carbocycles. The van der Waals surface area contributed by atoms with E-state index in [4.69, 9.17) is 10.5 Å². The predicted molar refractivity (Wildman–Crippen MR) is 109 cm³/mol. The first-order valence-electron chi connectivity index (χ1n) is 9.33. The summed E-state index contributed by atoms with van der Waals surface area (Å²) in [6.45, 7) is 1.39. The zero-order valence-corrected chi connectivity index (χ0v) is 17.1. The quantitative estimate of drug-likeness (QED) is 0.511. The molecule has 0 amide bonds. The minimum absolute atomic E-state index is 0.169. The first kappa shape index (κ1) is 22.2. The van der Waals surface area contributed by atoms with Crippen molar-refractivity contribution in [3.05, 3.63) is 64.7 Å². The summed E-state index contributed by atoms with van der Waals surface area (Å²) < 4.78 is 46.3. The van der Waals surface area contributed by atoms with Gasteiger partial charge < -0.3 is 15.6 Å². The highest BCUT2D eigenvalue weighted by atomic mass is 32.1. The first-order valence-corrected chi connectivity index (χ1v) is 10.1. The molecule has 0 aliphatic heterocycles. The minimum atomic E-state index is -4.58. The Balaban J connectivity index is 1.76. The first-order chi connectivity index (χ1) is 14.2. The molecule has 0 unspecified atom stereocenters. The van der Waals surface area contributed by atoms with E-state index in [1.807, 2.05) is 30.3 Å². The molecular weight excluding hydrogens is 415 g/mol. The Labute approximate surface area is 176 Å². The highest BCUT2D eigenvalue weighted by Crippen LogP contribution is 2.39. The van der Waals surface area contributed by atoms with Crippen molar-refractivity contribution in [1.29, 1.82) is 0 Å². The molecule has 1 atom stereocenters. The van der Waals surface area contributed by atoms with E-state index in [-0.39, 0.29) is 29.5 Å². The molecule has 2 aromatic carbocycles. The largest absolute Gasteiger partial charge is 0.493 e. The molecule has 0 bridgehead atoms. The molecule has 5 nitrogen and oxygen atoms in total. The van der Waals surface area contributed by atoms with Crippen LogP contribution in [0.1, 0.15) is 29.5 Å². The van der Waals surface area contributed by atoms with Crippen molar-refractivity contribution in [2.75, 3.05) is 13.2 Å². The Morgan fingerprint density at radius 1 is 1.10 bits per heavy atom. The molecule has 160 valence electrons. The van der Waals surface area contributed by atoms with E-state index in [0.717, 1.165) is 29.4 Å². The standard InChI is InChI=1S/C21H22F3N3O2S/c1-20(25,13-28)19-27-26-18(30-19)15-9-10-17(16(12-15)21(22,23)24)29-11-5-8-14-6-3-2-4-7-14/h2-4,6-7,9-10,12,28H,5,8,11,13,25H2,1H3/t20-/m0/s1. The number of alkyl halides is 3. The third-order valence-corrected chi connectivity index (χ3v) is 5.74. The lowest BCUT2D eigenvalue weighted by molar-refractivity contribution is -0.138. The second-order valence-corrected chi connectivity index (χ2v) is 8.11. The molecule has 0 fully saturated rings. The van der Waals surface area contributed by atoms with Gasteiger partial charge in [0, 0.05) is 5.56 Å². The highest BCUT2D eigenvalue weighted by Gasteiger charge is 2.35. The number of aliphatic hydroxyl groups excluding tert-OH is 1. The second-order valence-electron chi connectivity index (χ2n) is 7.13. The number of aryl methyl sites for hydroxylation is 1. The summed E-state index contributed by atoms with van der Waals surface area (Å²) in [5.74, 6) is -0.219. The summed E-state index contributed by atoms with van der Waals surface area (Å²) >= 11 is 1.05. The van der Waals surface area contributed by atoms with E-state index in [1.165, 1.54) is 12.1 Å². The molecule has 0 saturated heterocycles. The van der Waals surface area contributed by atoms with Gasteiger partial charge in [-0.05, 0) is 43.5 Å². The average Bonchev–Trinajstić information content (AvgIpc) is 3.22. The number of rotatable bonds is 8. The van der Waals surface area contributed by atoms with E-state index < -0.39 is 17.3 Å². The second kappa shape index (κ2) is 9.11. The summed E-state index contributed by atoms with van der Waals surface area (Å²) in [6, 6.07) is 13.5. The van der Waals surface area contributed by atoms with Crippen LogP contribution < -0.4 is 10.5 Å². The molecule has 30 heavy (non-hydrogen) atoms. The van der Waals surface area contributed by atoms with Crippen LogP contribution in [-0.2, 0) is 18.1 Å². The van der Waals surface area contributed by atoms with Crippen LogP contribution in [0.4, 0.5) is 13.2 Å². The Morgan fingerprint density at radius 3 is 2.50 bits per heavy atom. The lowest BCUT2D eigenvalue weighted by Gasteiger charge is -2.17. The summed E-state index contributed by atoms with van der Waals surface area (Å²) in [5.41, 5.74) is 5.31. The fourth-order valence-corrected chi connectivity index (χ4v) is 3.64. The van der Waals surface area contributed by atoms with Crippen LogP contribution in [-0.4, -0.2) is 28.5 Å². The Kier molecular flexibility index (Phi) is 6.74. The molecule has 1 heterocycles. The number of benzene rings is 2. The van der Waals surface area contributed by atoms with Crippen molar-refractivity contribution in [2.45, 2.75) is 31.5 Å². The number of aliphatic hydroxyl groups is 1. The number of aromatic nitrogens is 2. The summed E-state index contributed by atoms with van der Waals surface area (Å²) in [5, 5.41) is 17.8. The van der Waals surface area contributed by atoms with Crippen LogP contribution in [0.15, 0.2) is 48.5 Å². The molecule has 1 aromatic heterocycles. The van der Waals surface area contributed by atoms with Crippen molar-refractivity contribution < 1.29 is 23.0 Å². The lowest BCUT2D eigenvalue weighted by atomic mass is 10.1. The normalized spacial score (nSPS) is 13.8. The van der Waals surface area contributed by atoms with Gasteiger partial charge in [0.05, 0.1) is 24.3 Å². The minimum Gasteiger partial charge on any atom is -0.493 e. The molecule has 3 rings (SSSR count). The van der Waals surface area contributed by atoms with Crippen LogP contribution in [0, 0.1) is 0 Å². The van der Waals surface area contributed by atoms with Crippen LogP contribution in [0.25, 0.3) is 10.6 Å². The average molecular weight is 437 g/mol. The van der Waals surface area contributed by atoms with E-state index >= 15 is 0 Å². The fourth-order valence-electron chi connectivity index (χ4n) is 2.75. The van der Waals surface area contributed by atoms with Crippen molar-refractivity contribution in [1.82, 2.24) is 10.2 Å². The molecule has 0 spiro atoms. The van der Waals surface area contributed by atoms with Crippen molar-refractivity contribution in [3.63, 3.8) is 0 Å². The van der Waals surface area contributed by atoms with E-state index in [1.54, 1.807) is 6.92 Å². The van der Waals surface area contributed by atoms with Gasteiger partial charge in [-0.25, -0.2) is 0 Å². The van der Waals surface area contributed by atoms with Gasteiger partial charge in [-0.3, -0.25) is 0 Å². The van der Waals surface area contributed by atoms with Gasteiger partial charge in [-0.2, -0.15) is 13.2 Å². The number of hydrogen-bond acceptors (Lipinski definition) is 6. The summed E-state index contributed by atoms with van der Waals surface area (Å²) in [4.78, 5) is 0. The van der Waals surface area contributed by atoms with Gasteiger partial charge in [-0.15, -0.1) is 10.2 Å². The van der Waals surface area contributed by atoms with Gasteiger partial charge >= 0.3 is 6.18 Å². The lowest BCUT2D eigenvalue weighted by Crippen LogP contribution is -2.36. The fraction of sp³-hybridized carbons (Fsp3) is 0.333. The maximum Gasteiger partial charge on any atom is 0.419 e. The Bertz CT molecular complexity index is 975. The van der Waals surface area contributed by atoms with Gasteiger partial charge in [-0.1, -0.05) is 41.7 Å². The number of nitrogens with zero attached hydrogens (tertiary/aromatic N) is 2. The number of halogens is 3. The maximum atomic E-state index is 13.6. The van der Waals surface area contributed by atoms with Crippen molar-refractivity contribution in [2.24, 2.45) is 5.73 Å². The predicted octanol–water partition coefficient (Wildman–Crippen LogP) is 4.40. The van der Waals surface area contributed by atoms with Gasteiger partial charge in [0.2, 0.25) is 0 Å². The molecule has 3 N–H and O–H groups in total. The van der Waals surface area contributed by atoms with Crippen LogP contribution >= 0.6 is 11.3 Å². The summed E-state index contributed by atoms with van der Waals surface area (Å²) in [7, 11) is 0. The molecule has 9 heteroatoms. The van der Waals surface area contributed by atoms with E-state index in [2.05, 4.69) is 10.2 Å². The Hall–Kier alpha value is -2.49. The third kappa shape index (κ3) is 5.35. The molecule has 3 aromatic rings. The van der Waals surface area contributed by atoms with E-state index in [9.17, 15) is 18.3 Å². The monoisotopic (exact) mass is 437 g/mol. The van der Waals surface area contributed by atoms with E-state index in [0.29, 0.717) is 11.4 Å². The maximum absolute atomic E-state index is 13.6. The SMILES string of the molecule is C[C@](N)(CO)c1nnc(-c2ccc(OCCCc3ccccc3)c(C(F)(F)F)c2)s1.